The van der Waals surface area contributed by atoms with Gasteiger partial charge in [0.25, 0.3) is 0 Å². The van der Waals surface area contributed by atoms with Crippen molar-refractivity contribution in [2.75, 3.05) is 6.54 Å². The molecule has 0 aliphatic rings. The van der Waals surface area contributed by atoms with Crippen molar-refractivity contribution in [2.45, 2.75) is 123 Å². The second kappa shape index (κ2) is 15.8. The van der Waals surface area contributed by atoms with Gasteiger partial charge in [-0.2, -0.15) is 0 Å². The molecule has 0 aromatic rings. The highest BCUT2D eigenvalue weighted by Crippen LogP contribution is 2.15. The van der Waals surface area contributed by atoms with Gasteiger partial charge in [0.2, 0.25) is 0 Å². The van der Waals surface area contributed by atoms with Crippen LogP contribution in [0.1, 0.15) is 117 Å². The molecule has 134 valence electrons. The Kier molecular flexibility index (Phi) is 15.7. The van der Waals surface area contributed by atoms with E-state index in [2.05, 4.69) is 12.2 Å². The van der Waals surface area contributed by atoms with Crippen molar-refractivity contribution < 1.29 is 5.11 Å². The minimum Gasteiger partial charge on any atom is -0.376 e. The van der Waals surface area contributed by atoms with E-state index in [0.29, 0.717) is 0 Å². The van der Waals surface area contributed by atoms with Crippen LogP contribution < -0.4 is 5.32 Å². The maximum atomic E-state index is 9.99. The summed E-state index contributed by atoms with van der Waals surface area (Å²) in [6.45, 7) is 7.05. The molecule has 0 fully saturated rings. The molecule has 22 heavy (non-hydrogen) atoms. The van der Waals surface area contributed by atoms with Crippen molar-refractivity contribution in [3.05, 3.63) is 0 Å². The maximum absolute atomic E-state index is 9.99. The molecule has 2 heteroatoms. The summed E-state index contributed by atoms with van der Waals surface area (Å²) in [6, 6.07) is 0. The Hall–Kier alpha value is -0.0800. The summed E-state index contributed by atoms with van der Waals surface area (Å²) < 4.78 is 0. The molecule has 0 rings (SSSR count). The van der Waals surface area contributed by atoms with Crippen LogP contribution in [0.3, 0.4) is 0 Å². The highest BCUT2D eigenvalue weighted by Gasteiger charge is 2.16. The van der Waals surface area contributed by atoms with Gasteiger partial charge in [-0.3, -0.25) is 5.32 Å². The van der Waals surface area contributed by atoms with Gasteiger partial charge in [0, 0.05) is 0 Å². The van der Waals surface area contributed by atoms with Gasteiger partial charge in [-0.1, -0.05) is 97.3 Å². The maximum Gasteiger partial charge on any atom is 0.113 e. The lowest BCUT2D eigenvalue weighted by Crippen LogP contribution is -2.41. The third kappa shape index (κ3) is 16.3. The molecule has 0 amide bonds. The van der Waals surface area contributed by atoms with E-state index in [1.54, 1.807) is 0 Å². The lowest BCUT2D eigenvalue weighted by atomic mass is 10.0. The van der Waals surface area contributed by atoms with Gasteiger partial charge < -0.3 is 5.11 Å². The molecular formula is C20H43NO. The van der Waals surface area contributed by atoms with E-state index in [9.17, 15) is 5.11 Å². The fraction of sp³-hybridized carbons (Fsp3) is 1.00. The Morgan fingerprint density at radius 3 is 1.36 bits per heavy atom. The summed E-state index contributed by atoms with van der Waals surface area (Å²) >= 11 is 0. The fourth-order valence-corrected chi connectivity index (χ4v) is 3.13. The van der Waals surface area contributed by atoms with Gasteiger partial charge in [-0.25, -0.2) is 0 Å². The first kappa shape index (κ1) is 21.9. The molecule has 1 unspecified atom stereocenters. The standard InChI is InChI=1S/C20H43NO/c1-4-6-7-8-9-10-11-12-13-14-15-16-17-18-19-20(3,22)21-5-2/h21-22H,4-19H2,1-3H3. The first-order valence-electron chi connectivity index (χ1n) is 10.1. The van der Waals surface area contributed by atoms with E-state index in [1.165, 1.54) is 83.5 Å². The van der Waals surface area contributed by atoms with Gasteiger partial charge in [-0.15, -0.1) is 0 Å². The van der Waals surface area contributed by atoms with Crippen LogP contribution in [0.15, 0.2) is 0 Å². The molecule has 2 nitrogen and oxygen atoms in total. The topological polar surface area (TPSA) is 32.3 Å². The zero-order chi connectivity index (χ0) is 16.5. The quantitative estimate of drug-likeness (QED) is 0.248. The van der Waals surface area contributed by atoms with Crippen LogP contribution in [-0.2, 0) is 0 Å². The molecule has 0 saturated carbocycles. The number of nitrogens with one attached hydrogen (secondary N) is 1. The van der Waals surface area contributed by atoms with Crippen LogP contribution in [0, 0.1) is 0 Å². The van der Waals surface area contributed by atoms with Crippen molar-refractivity contribution in [1.82, 2.24) is 5.32 Å². The highest BCUT2D eigenvalue weighted by molar-refractivity contribution is 4.68. The molecule has 0 aromatic heterocycles. The first-order valence-corrected chi connectivity index (χ1v) is 10.1. The Morgan fingerprint density at radius 2 is 1.00 bits per heavy atom. The zero-order valence-electron chi connectivity index (χ0n) is 15.8. The van der Waals surface area contributed by atoms with E-state index in [0.717, 1.165) is 19.4 Å². The summed E-state index contributed by atoms with van der Waals surface area (Å²) in [4.78, 5) is 0. The van der Waals surface area contributed by atoms with Crippen LogP contribution in [0.2, 0.25) is 0 Å². The van der Waals surface area contributed by atoms with Crippen molar-refractivity contribution in [3.63, 3.8) is 0 Å². The molecule has 0 spiro atoms. The lowest BCUT2D eigenvalue weighted by molar-refractivity contribution is 0.0151. The van der Waals surface area contributed by atoms with E-state index in [1.807, 2.05) is 13.8 Å². The minimum absolute atomic E-state index is 0.661. The Morgan fingerprint density at radius 1 is 0.636 bits per heavy atom. The van der Waals surface area contributed by atoms with E-state index in [4.69, 9.17) is 0 Å². The molecule has 0 aromatic carbocycles. The van der Waals surface area contributed by atoms with E-state index >= 15 is 0 Å². The first-order chi connectivity index (χ1) is 10.6. The van der Waals surface area contributed by atoms with Crippen molar-refractivity contribution >= 4 is 0 Å². The lowest BCUT2D eigenvalue weighted by Gasteiger charge is -2.23. The molecule has 0 bridgehead atoms. The van der Waals surface area contributed by atoms with Crippen LogP contribution >= 0.6 is 0 Å². The van der Waals surface area contributed by atoms with Gasteiger partial charge in [0.1, 0.15) is 5.72 Å². The fourth-order valence-electron chi connectivity index (χ4n) is 3.13. The third-order valence-electron chi connectivity index (χ3n) is 4.57. The van der Waals surface area contributed by atoms with Crippen LogP contribution in [0.5, 0.6) is 0 Å². The Labute approximate surface area is 140 Å². The van der Waals surface area contributed by atoms with Gasteiger partial charge in [-0.05, 0) is 26.3 Å². The SMILES string of the molecule is CCCCCCCCCCCCCCCCC(C)(O)NCC. The number of hydrogen-bond donors (Lipinski definition) is 2. The average Bonchev–Trinajstić information content (AvgIpc) is 2.47. The number of rotatable bonds is 17. The second-order valence-electron chi connectivity index (χ2n) is 7.15. The van der Waals surface area contributed by atoms with Crippen LogP contribution in [0.4, 0.5) is 0 Å². The van der Waals surface area contributed by atoms with Crippen molar-refractivity contribution in [2.24, 2.45) is 0 Å². The average molecular weight is 314 g/mol. The van der Waals surface area contributed by atoms with Crippen LogP contribution in [0.25, 0.3) is 0 Å². The number of unbranched alkanes of at least 4 members (excludes halogenated alkanes) is 13. The minimum atomic E-state index is -0.661. The summed E-state index contributed by atoms with van der Waals surface area (Å²) in [5.74, 6) is 0. The second-order valence-corrected chi connectivity index (χ2v) is 7.15. The van der Waals surface area contributed by atoms with Crippen LogP contribution in [-0.4, -0.2) is 17.4 Å². The van der Waals surface area contributed by atoms with Gasteiger partial charge in [0.05, 0.1) is 0 Å². The van der Waals surface area contributed by atoms with E-state index < -0.39 is 5.72 Å². The molecule has 0 heterocycles. The number of aliphatic hydroxyl groups is 1. The molecule has 0 aliphatic heterocycles. The normalized spacial score (nSPS) is 14.2. The molecular weight excluding hydrogens is 270 g/mol. The smallest absolute Gasteiger partial charge is 0.113 e. The molecule has 2 N–H and O–H groups in total. The summed E-state index contributed by atoms with van der Waals surface area (Å²) in [6.07, 6.45) is 20.2. The monoisotopic (exact) mass is 313 g/mol. The predicted octanol–water partition coefficient (Wildman–Crippen LogP) is 6.18. The Bertz CT molecular complexity index is 216. The van der Waals surface area contributed by atoms with Gasteiger partial charge >= 0.3 is 0 Å². The zero-order valence-corrected chi connectivity index (χ0v) is 15.8. The third-order valence-corrected chi connectivity index (χ3v) is 4.57. The largest absolute Gasteiger partial charge is 0.376 e. The van der Waals surface area contributed by atoms with Crippen molar-refractivity contribution in [1.29, 1.82) is 0 Å². The molecule has 1 atom stereocenters. The molecule has 0 aliphatic carbocycles. The highest BCUT2D eigenvalue weighted by atomic mass is 16.3. The van der Waals surface area contributed by atoms with E-state index in [-0.39, 0.29) is 0 Å². The molecule has 0 saturated heterocycles. The molecule has 0 radical (unpaired) electrons. The number of hydrogen-bond acceptors (Lipinski definition) is 2. The van der Waals surface area contributed by atoms with Gasteiger partial charge in [0.15, 0.2) is 0 Å². The summed E-state index contributed by atoms with van der Waals surface area (Å²) in [5.41, 5.74) is -0.661. The van der Waals surface area contributed by atoms with Crippen molar-refractivity contribution in [3.8, 4) is 0 Å². The summed E-state index contributed by atoms with van der Waals surface area (Å²) in [7, 11) is 0. The predicted molar refractivity (Wildman–Crippen MR) is 99.2 cm³/mol. The Balaban J connectivity index is 3.11. The summed E-state index contributed by atoms with van der Waals surface area (Å²) in [5, 5.41) is 13.1.